The average Bonchev–Trinajstić information content (AvgIpc) is 2.59. The maximum Gasteiger partial charge on any atom is 0.243 e. The van der Waals surface area contributed by atoms with E-state index in [0.29, 0.717) is 5.69 Å². The Bertz CT molecular complexity index is 741. The lowest BCUT2D eigenvalue weighted by Gasteiger charge is -2.56. The molecule has 0 aromatic heterocycles. The molecule has 1 aromatic carbocycles. The van der Waals surface area contributed by atoms with Crippen LogP contribution in [0.2, 0.25) is 0 Å². The molecule has 1 N–H and O–H groups in total. The number of carbonyl (C=O) groups is 2. The van der Waals surface area contributed by atoms with E-state index >= 15 is 0 Å². The first-order valence-corrected chi connectivity index (χ1v) is 9.59. The molecular weight excluding hydrogens is 324 g/mol. The van der Waals surface area contributed by atoms with Crippen LogP contribution < -0.4 is 5.32 Å². The Balaban J connectivity index is 1.40. The molecule has 4 bridgehead atoms. The van der Waals surface area contributed by atoms with Crippen LogP contribution in [0.4, 0.5) is 5.69 Å². The highest BCUT2D eigenvalue weighted by atomic mass is 16.2. The fourth-order valence-corrected chi connectivity index (χ4v) is 5.95. The van der Waals surface area contributed by atoms with Crippen molar-refractivity contribution in [3.05, 3.63) is 29.8 Å². The summed E-state index contributed by atoms with van der Waals surface area (Å²) in [5, 5.41) is 2.85. The molecule has 0 heterocycles. The van der Waals surface area contributed by atoms with Crippen molar-refractivity contribution in [2.45, 2.75) is 38.5 Å². The summed E-state index contributed by atoms with van der Waals surface area (Å²) in [6, 6.07) is 7.20. The number of anilines is 1. The van der Waals surface area contributed by atoms with E-state index in [1.807, 2.05) is 12.1 Å². The molecule has 0 saturated heterocycles. The van der Waals surface area contributed by atoms with E-state index in [4.69, 9.17) is 6.42 Å². The maximum absolute atomic E-state index is 13.2. The lowest BCUT2D eigenvalue weighted by molar-refractivity contribution is -0.157. The Hall–Kier alpha value is -2.28. The smallest absolute Gasteiger partial charge is 0.243 e. The predicted octanol–water partition coefficient (Wildman–Crippen LogP) is 3.28. The minimum absolute atomic E-state index is 0.0842. The molecule has 0 atom stereocenters. The first-order valence-electron chi connectivity index (χ1n) is 9.59. The first-order chi connectivity index (χ1) is 12.5. The van der Waals surface area contributed by atoms with Gasteiger partial charge >= 0.3 is 0 Å². The van der Waals surface area contributed by atoms with Crippen molar-refractivity contribution in [3.8, 4) is 12.3 Å². The quantitative estimate of drug-likeness (QED) is 0.847. The van der Waals surface area contributed by atoms with E-state index in [1.54, 1.807) is 24.1 Å². The number of amides is 2. The van der Waals surface area contributed by atoms with Gasteiger partial charge in [0.2, 0.25) is 11.8 Å². The molecule has 4 heteroatoms. The Labute approximate surface area is 155 Å². The van der Waals surface area contributed by atoms with E-state index in [9.17, 15) is 9.59 Å². The molecule has 0 aliphatic heterocycles. The van der Waals surface area contributed by atoms with Gasteiger partial charge in [0.15, 0.2) is 0 Å². The van der Waals surface area contributed by atoms with Gasteiger partial charge in [0.25, 0.3) is 0 Å². The summed E-state index contributed by atoms with van der Waals surface area (Å²) in [4.78, 5) is 27.2. The van der Waals surface area contributed by atoms with Gasteiger partial charge in [-0.05, 0) is 74.5 Å². The van der Waals surface area contributed by atoms with Crippen LogP contribution in [-0.4, -0.2) is 30.3 Å². The third-order valence-electron chi connectivity index (χ3n) is 6.53. The Morgan fingerprint density at radius 1 is 1.19 bits per heavy atom. The van der Waals surface area contributed by atoms with Crippen molar-refractivity contribution in [2.24, 2.45) is 23.2 Å². The maximum atomic E-state index is 13.2. The molecule has 4 nitrogen and oxygen atoms in total. The number of likely N-dealkylation sites (N-methyl/N-ethyl adjacent to an activating group) is 1. The molecule has 4 saturated carbocycles. The molecular formula is C22H26N2O2. The number of hydrogen-bond donors (Lipinski definition) is 1. The van der Waals surface area contributed by atoms with Gasteiger partial charge in [0, 0.05) is 18.3 Å². The van der Waals surface area contributed by atoms with E-state index in [1.165, 1.54) is 19.3 Å². The summed E-state index contributed by atoms with van der Waals surface area (Å²) < 4.78 is 0. The number of benzene rings is 1. The largest absolute Gasteiger partial charge is 0.336 e. The molecule has 26 heavy (non-hydrogen) atoms. The van der Waals surface area contributed by atoms with Gasteiger partial charge < -0.3 is 10.2 Å². The molecule has 1 aromatic rings. The third kappa shape index (κ3) is 3.11. The van der Waals surface area contributed by atoms with E-state index in [-0.39, 0.29) is 23.8 Å². The molecule has 4 fully saturated rings. The van der Waals surface area contributed by atoms with Crippen molar-refractivity contribution < 1.29 is 9.59 Å². The van der Waals surface area contributed by atoms with Crippen molar-refractivity contribution >= 4 is 17.5 Å². The Kier molecular flexibility index (Phi) is 4.26. The van der Waals surface area contributed by atoms with Crippen molar-refractivity contribution in [1.82, 2.24) is 4.90 Å². The monoisotopic (exact) mass is 350 g/mol. The highest BCUT2D eigenvalue weighted by Crippen LogP contribution is 2.60. The fraction of sp³-hybridized carbons (Fsp3) is 0.545. The number of terminal acetylenes is 1. The van der Waals surface area contributed by atoms with Crippen LogP contribution in [0.15, 0.2) is 24.3 Å². The Morgan fingerprint density at radius 3 is 2.38 bits per heavy atom. The lowest BCUT2D eigenvalue weighted by Crippen LogP contribution is -2.54. The summed E-state index contributed by atoms with van der Waals surface area (Å²) in [6.45, 7) is 0.0842. The van der Waals surface area contributed by atoms with E-state index in [0.717, 1.165) is 42.6 Å². The topological polar surface area (TPSA) is 49.4 Å². The summed E-state index contributed by atoms with van der Waals surface area (Å²) >= 11 is 0. The standard InChI is InChI=1S/C22H26N2O2/c1-3-15-5-4-6-19(10-15)23-20(25)14-24(2)21(26)22-11-16-7-17(12-22)9-18(8-16)13-22/h1,4-6,10,16-18H,7-9,11-14H2,2H3,(H,23,25). The van der Waals surface area contributed by atoms with Crippen LogP contribution in [0, 0.1) is 35.5 Å². The summed E-state index contributed by atoms with van der Waals surface area (Å²) in [6.07, 6.45) is 12.4. The van der Waals surface area contributed by atoms with Gasteiger partial charge in [0.05, 0.1) is 12.0 Å². The number of nitrogens with one attached hydrogen (secondary N) is 1. The fourth-order valence-electron chi connectivity index (χ4n) is 5.95. The molecule has 0 unspecified atom stereocenters. The minimum Gasteiger partial charge on any atom is -0.336 e. The van der Waals surface area contributed by atoms with Gasteiger partial charge in [-0.3, -0.25) is 9.59 Å². The summed E-state index contributed by atoms with van der Waals surface area (Å²) in [7, 11) is 1.76. The summed E-state index contributed by atoms with van der Waals surface area (Å²) in [5.74, 6) is 4.71. The molecule has 4 aliphatic carbocycles. The highest BCUT2D eigenvalue weighted by molar-refractivity contribution is 5.95. The zero-order chi connectivity index (χ0) is 18.3. The van der Waals surface area contributed by atoms with Crippen molar-refractivity contribution in [3.63, 3.8) is 0 Å². The van der Waals surface area contributed by atoms with Crippen LogP contribution in [0.1, 0.15) is 44.1 Å². The zero-order valence-corrected chi connectivity index (χ0v) is 15.3. The third-order valence-corrected chi connectivity index (χ3v) is 6.53. The van der Waals surface area contributed by atoms with E-state index in [2.05, 4.69) is 11.2 Å². The second-order valence-corrected chi connectivity index (χ2v) is 8.63. The van der Waals surface area contributed by atoms with Gasteiger partial charge in [-0.1, -0.05) is 12.0 Å². The normalized spacial score (nSPS) is 31.3. The van der Waals surface area contributed by atoms with Gasteiger partial charge in [-0.25, -0.2) is 0 Å². The first kappa shape index (κ1) is 17.1. The molecule has 136 valence electrons. The lowest BCUT2D eigenvalue weighted by atomic mass is 9.49. The molecule has 0 spiro atoms. The number of hydrogen-bond acceptors (Lipinski definition) is 2. The van der Waals surface area contributed by atoms with Gasteiger partial charge in [-0.2, -0.15) is 0 Å². The van der Waals surface area contributed by atoms with Crippen molar-refractivity contribution in [1.29, 1.82) is 0 Å². The van der Waals surface area contributed by atoms with E-state index < -0.39 is 0 Å². The SMILES string of the molecule is C#Cc1cccc(NC(=O)CN(C)C(=O)C23CC4CC(CC(C4)C2)C3)c1. The number of nitrogens with zero attached hydrogens (tertiary/aromatic N) is 1. The number of rotatable bonds is 4. The van der Waals surface area contributed by atoms with Crippen LogP contribution in [0.3, 0.4) is 0 Å². The van der Waals surface area contributed by atoms with Crippen LogP contribution in [0.5, 0.6) is 0 Å². The highest BCUT2D eigenvalue weighted by Gasteiger charge is 2.55. The van der Waals surface area contributed by atoms with Gasteiger partial charge in [0.1, 0.15) is 0 Å². The molecule has 2 amide bonds. The second-order valence-electron chi connectivity index (χ2n) is 8.63. The minimum atomic E-state index is -0.201. The molecule has 0 radical (unpaired) electrons. The zero-order valence-electron chi connectivity index (χ0n) is 15.3. The van der Waals surface area contributed by atoms with Gasteiger partial charge in [-0.15, -0.1) is 6.42 Å². The molecule has 4 aliphatic rings. The average molecular weight is 350 g/mol. The second kappa shape index (κ2) is 6.46. The van der Waals surface area contributed by atoms with Crippen LogP contribution in [0.25, 0.3) is 0 Å². The summed E-state index contributed by atoms with van der Waals surface area (Å²) in [5.41, 5.74) is 1.19. The number of carbonyl (C=O) groups excluding carboxylic acids is 2. The molecule has 5 rings (SSSR count). The van der Waals surface area contributed by atoms with Crippen LogP contribution >= 0.6 is 0 Å². The van der Waals surface area contributed by atoms with Crippen LogP contribution in [-0.2, 0) is 9.59 Å². The Morgan fingerprint density at radius 2 is 1.81 bits per heavy atom. The van der Waals surface area contributed by atoms with Crippen molar-refractivity contribution in [2.75, 3.05) is 18.9 Å². The predicted molar refractivity (Wildman–Crippen MR) is 101 cm³/mol.